The molecule has 0 radical (unpaired) electrons. The van der Waals surface area contributed by atoms with Gasteiger partial charge < -0.3 is 14.8 Å². The molecular formula is C15H25FN2O5. The topological polar surface area (TPSA) is 93.7 Å². The van der Waals surface area contributed by atoms with E-state index in [-0.39, 0.29) is 13.2 Å². The third-order valence-electron chi connectivity index (χ3n) is 3.54. The molecule has 0 spiro atoms. The van der Waals surface area contributed by atoms with E-state index < -0.39 is 29.8 Å². The zero-order valence-electron chi connectivity index (χ0n) is 13.7. The number of hydrogen-bond acceptors (Lipinski definition) is 5. The molecule has 2 unspecified atom stereocenters. The Kier molecular flexibility index (Phi) is 7.94. The molecule has 23 heavy (non-hydrogen) atoms. The van der Waals surface area contributed by atoms with E-state index in [1.54, 1.807) is 5.32 Å². The SMILES string of the molecule is CCCCCCCCOC1NC(=O)NC(=O)C1(F)C(=O)OCC. The van der Waals surface area contributed by atoms with Crippen LogP contribution in [0.5, 0.6) is 0 Å². The van der Waals surface area contributed by atoms with Gasteiger partial charge in [0.25, 0.3) is 5.91 Å². The summed E-state index contributed by atoms with van der Waals surface area (Å²) < 4.78 is 24.7. The first-order chi connectivity index (χ1) is 11.0. The van der Waals surface area contributed by atoms with E-state index in [2.05, 4.69) is 17.0 Å². The fourth-order valence-corrected chi connectivity index (χ4v) is 2.24. The molecule has 3 amide bonds. The van der Waals surface area contributed by atoms with Gasteiger partial charge in [0, 0.05) is 6.61 Å². The second kappa shape index (κ2) is 9.44. The second-order valence-electron chi connectivity index (χ2n) is 5.38. The average Bonchev–Trinajstić information content (AvgIpc) is 2.51. The van der Waals surface area contributed by atoms with Crippen molar-refractivity contribution >= 4 is 17.9 Å². The first-order valence-electron chi connectivity index (χ1n) is 8.06. The van der Waals surface area contributed by atoms with Crippen LogP contribution >= 0.6 is 0 Å². The van der Waals surface area contributed by atoms with E-state index in [0.717, 1.165) is 32.1 Å². The maximum Gasteiger partial charge on any atom is 0.358 e. The number of carbonyl (C=O) groups is 3. The number of carbonyl (C=O) groups excluding carboxylic acids is 3. The summed E-state index contributed by atoms with van der Waals surface area (Å²) in [6.07, 6.45) is 4.32. The number of amides is 3. The molecule has 132 valence electrons. The molecule has 1 heterocycles. The number of imide groups is 1. The van der Waals surface area contributed by atoms with E-state index >= 15 is 0 Å². The zero-order chi connectivity index (χ0) is 17.3. The highest BCUT2D eigenvalue weighted by molar-refractivity contribution is 6.14. The van der Waals surface area contributed by atoms with Gasteiger partial charge in [-0.2, -0.15) is 0 Å². The largest absolute Gasteiger partial charge is 0.463 e. The predicted octanol–water partition coefficient (Wildman–Crippen LogP) is 1.80. The molecule has 1 saturated heterocycles. The van der Waals surface area contributed by atoms with Crippen LogP contribution < -0.4 is 10.6 Å². The number of unbranched alkanes of at least 4 members (excludes halogenated alkanes) is 5. The predicted molar refractivity (Wildman–Crippen MR) is 80.3 cm³/mol. The van der Waals surface area contributed by atoms with Crippen molar-refractivity contribution in [2.45, 2.75) is 64.3 Å². The van der Waals surface area contributed by atoms with Crippen molar-refractivity contribution in [2.75, 3.05) is 13.2 Å². The van der Waals surface area contributed by atoms with Crippen molar-refractivity contribution in [3.8, 4) is 0 Å². The number of rotatable bonds is 10. The van der Waals surface area contributed by atoms with Crippen LogP contribution in [0.4, 0.5) is 9.18 Å². The summed E-state index contributed by atoms with van der Waals surface area (Å²) in [5.41, 5.74) is -3.08. The molecule has 0 aliphatic carbocycles. The number of esters is 1. The standard InChI is InChI=1S/C15H25FN2O5/c1-3-5-6-7-8-9-10-23-12-15(16,13(20)22-4-2)11(19)17-14(21)18-12/h12H,3-10H2,1-2H3,(H2,17,18,19,21). The zero-order valence-corrected chi connectivity index (χ0v) is 13.7. The molecule has 2 atom stereocenters. The lowest BCUT2D eigenvalue weighted by Gasteiger charge is -2.34. The smallest absolute Gasteiger partial charge is 0.358 e. The van der Waals surface area contributed by atoms with E-state index in [1.807, 2.05) is 0 Å². The Morgan fingerprint density at radius 2 is 1.83 bits per heavy atom. The van der Waals surface area contributed by atoms with Crippen LogP contribution in [0, 0.1) is 0 Å². The normalized spacial score (nSPS) is 24.0. The van der Waals surface area contributed by atoms with Crippen molar-refractivity contribution < 1.29 is 28.2 Å². The van der Waals surface area contributed by atoms with E-state index in [1.165, 1.54) is 6.92 Å². The molecule has 8 heteroatoms. The number of halogens is 1. The van der Waals surface area contributed by atoms with Gasteiger partial charge in [0.1, 0.15) is 0 Å². The summed E-state index contributed by atoms with van der Waals surface area (Å²) in [5, 5.41) is 3.84. The van der Waals surface area contributed by atoms with Gasteiger partial charge in [0.05, 0.1) is 6.61 Å². The van der Waals surface area contributed by atoms with Crippen LogP contribution in [-0.4, -0.2) is 43.0 Å². The van der Waals surface area contributed by atoms with Crippen molar-refractivity contribution in [2.24, 2.45) is 0 Å². The monoisotopic (exact) mass is 332 g/mol. The molecule has 1 aliphatic rings. The number of nitrogens with one attached hydrogen (secondary N) is 2. The summed E-state index contributed by atoms with van der Waals surface area (Å²) in [4.78, 5) is 34.8. The van der Waals surface area contributed by atoms with Crippen molar-refractivity contribution in [3.63, 3.8) is 0 Å². The third kappa shape index (κ3) is 5.16. The van der Waals surface area contributed by atoms with Gasteiger partial charge in [-0.3, -0.25) is 10.1 Å². The van der Waals surface area contributed by atoms with Crippen LogP contribution in [0.15, 0.2) is 0 Å². The van der Waals surface area contributed by atoms with Crippen LogP contribution in [0.25, 0.3) is 0 Å². The minimum absolute atomic E-state index is 0.0874. The third-order valence-corrected chi connectivity index (χ3v) is 3.54. The first-order valence-corrected chi connectivity index (χ1v) is 8.06. The molecule has 1 rings (SSSR count). The summed E-state index contributed by atoms with van der Waals surface area (Å²) in [5.74, 6) is -2.74. The van der Waals surface area contributed by atoms with Crippen LogP contribution in [0.1, 0.15) is 52.4 Å². The van der Waals surface area contributed by atoms with Gasteiger partial charge in [0.2, 0.25) is 0 Å². The minimum atomic E-state index is -3.08. The highest BCUT2D eigenvalue weighted by atomic mass is 19.1. The summed E-state index contributed by atoms with van der Waals surface area (Å²) in [7, 11) is 0. The Morgan fingerprint density at radius 1 is 1.17 bits per heavy atom. The molecular weight excluding hydrogens is 307 g/mol. The maximum atomic E-state index is 14.8. The minimum Gasteiger partial charge on any atom is -0.463 e. The molecule has 2 N–H and O–H groups in total. The molecule has 0 saturated carbocycles. The highest BCUT2D eigenvalue weighted by Crippen LogP contribution is 2.23. The Bertz CT molecular complexity index is 432. The quantitative estimate of drug-likeness (QED) is 0.361. The molecule has 1 fully saturated rings. The number of hydrogen-bond donors (Lipinski definition) is 2. The van der Waals surface area contributed by atoms with E-state index in [0.29, 0.717) is 6.42 Å². The first kappa shape index (κ1) is 19.3. The van der Waals surface area contributed by atoms with Gasteiger partial charge in [-0.25, -0.2) is 14.0 Å². The highest BCUT2D eigenvalue weighted by Gasteiger charge is 2.59. The summed E-state index contributed by atoms with van der Waals surface area (Å²) in [6.45, 7) is 3.66. The van der Waals surface area contributed by atoms with Gasteiger partial charge >= 0.3 is 17.7 Å². The van der Waals surface area contributed by atoms with Crippen LogP contribution in [-0.2, 0) is 19.1 Å². The fourth-order valence-electron chi connectivity index (χ4n) is 2.24. The molecule has 0 aromatic rings. The van der Waals surface area contributed by atoms with Gasteiger partial charge in [-0.1, -0.05) is 39.0 Å². The van der Waals surface area contributed by atoms with Crippen molar-refractivity contribution in [3.05, 3.63) is 0 Å². The Balaban J connectivity index is 2.55. The Labute approximate surface area is 135 Å². The second-order valence-corrected chi connectivity index (χ2v) is 5.38. The van der Waals surface area contributed by atoms with E-state index in [9.17, 15) is 18.8 Å². The molecule has 1 aliphatic heterocycles. The fraction of sp³-hybridized carbons (Fsp3) is 0.800. The summed E-state index contributed by atoms with van der Waals surface area (Å²) >= 11 is 0. The maximum absolute atomic E-state index is 14.8. The number of alkyl halides is 1. The van der Waals surface area contributed by atoms with Crippen molar-refractivity contribution in [1.82, 2.24) is 10.6 Å². The number of ether oxygens (including phenoxy) is 2. The average molecular weight is 332 g/mol. The molecule has 0 aromatic heterocycles. The van der Waals surface area contributed by atoms with Crippen molar-refractivity contribution in [1.29, 1.82) is 0 Å². The van der Waals surface area contributed by atoms with Gasteiger partial charge in [-0.15, -0.1) is 0 Å². The van der Waals surface area contributed by atoms with Gasteiger partial charge in [-0.05, 0) is 13.3 Å². The molecule has 0 bridgehead atoms. The van der Waals surface area contributed by atoms with E-state index in [4.69, 9.17) is 4.74 Å². The van der Waals surface area contributed by atoms with Gasteiger partial charge in [0.15, 0.2) is 6.23 Å². The van der Waals surface area contributed by atoms with Crippen LogP contribution in [0.2, 0.25) is 0 Å². The van der Waals surface area contributed by atoms with Crippen LogP contribution in [0.3, 0.4) is 0 Å². The lowest BCUT2D eigenvalue weighted by atomic mass is 10.0. The Morgan fingerprint density at radius 3 is 2.48 bits per heavy atom. The number of urea groups is 1. The molecule has 0 aromatic carbocycles. The summed E-state index contributed by atoms with van der Waals surface area (Å²) in [6, 6.07) is -0.902. The lowest BCUT2D eigenvalue weighted by Crippen LogP contribution is -2.71. The molecule has 7 nitrogen and oxygen atoms in total. The Hall–Kier alpha value is -1.70. The lowest BCUT2D eigenvalue weighted by molar-refractivity contribution is -0.179.